The van der Waals surface area contributed by atoms with E-state index >= 15 is 0 Å². The summed E-state index contributed by atoms with van der Waals surface area (Å²) in [6.45, 7) is 2.10. The molecule has 0 fully saturated rings. The molecule has 25 heavy (non-hydrogen) atoms. The van der Waals surface area contributed by atoms with Gasteiger partial charge in [0, 0.05) is 10.5 Å². The lowest BCUT2D eigenvalue weighted by Crippen LogP contribution is -2.05. The van der Waals surface area contributed by atoms with Gasteiger partial charge in [-0.15, -0.1) is 11.8 Å². The predicted octanol–water partition coefficient (Wildman–Crippen LogP) is 5.20. The third-order valence-corrected chi connectivity index (χ3v) is 5.00. The Morgan fingerprint density at radius 1 is 1.04 bits per heavy atom. The number of halogens is 3. The minimum Gasteiger partial charge on any atom is -0.457 e. The van der Waals surface area contributed by atoms with E-state index in [0.717, 1.165) is 28.2 Å². The van der Waals surface area contributed by atoms with Gasteiger partial charge in [0.05, 0.1) is 11.1 Å². The molecule has 2 nitrogen and oxygen atoms in total. The monoisotopic (exact) mass is 364 g/mol. The average Bonchev–Trinajstić information content (AvgIpc) is 2.95. The van der Waals surface area contributed by atoms with Crippen molar-refractivity contribution >= 4 is 28.9 Å². The molecule has 0 spiro atoms. The van der Waals surface area contributed by atoms with Gasteiger partial charge in [0.2, 0.25) is 0 Å². The fourth-order valence-electron chi connectivity index (χ4n) is 2.82. The smallest absolute Gasteiger partial charge is 0.416 e. The molecule has 1 aliphatic heterocycles. The summed E-state index contributed by atoms with van der Waals surface area (Å²) >= 11 is 1.63. The van der Waals surface area contributed by atoms with Gasteiger partial charge in [0.25, 0.3) is 0 Å². The summed E-state index contributed by atoms with van der Waals surface area (Å²) in [5.41, 5.74) is 2.62. The number of thioether (sulfide) groups is 1. The van der Waals surface area contributed by atoms with E-state index in [9.17, 15) is 18.0 Å². The van der Waals surface area contributed by atoms with Crippen molar-refractivity contribution in [3.63, 3.8) is 0 Å². The van der Waals surface area contributed by atoms with Crippen LogP contribution in [0, 0.1) is 6.92 Å². The number of alkyl halides is 3. The number of aryl methyl sites for hydroxylation is 1. The SMILES string of the molecule is CSc1ccc(C2=C(c3ccc(C(F)(F)F)cc3)C(=O)OC2)cc1C. The molecule has 0 unspecified atom stereocenters. The van der Waals surface area contributed by atoms with Crippen molar-refractivity contribution in [3.8, 4) is 0 Å². The Hall–Kier alpha value is -2.21. The molecule has 0 bridgehead atoms. The summed E-state index contributed by atoms with van der Waals surface area (Å²) in [4.78, 5) is 13.3. The lowest BCUT2D eigenvalue weighted by molar-refractivity contribution is -0.137. The first-order chi connectivity index (χ1) is 11.8. The van der Waals surface area contributed by atoms with Crippen LogP contribution in [0.4, 0.5) is 13.2 Å². The number of carbonyl (C=O) groups excluding carboxylic acids is 1. The minimum absolute atomic E-state index is 0.118. The van der Waals surface area contributed by atoms with Gasteiger partial charge in [-0.05, 0) is 48.1 Å². The number of rotatable bonds is 3. The lowest BCUT2D eigenvalue weighted by atomic mass is 9.95. The van der Waals surface area contributed by atoms with Gasteiger partial charge in [-0.25, -0.2) is 4.79 Å². The van der Waals surface area contributed by atoms with Crippen LogP contribution in [-0.2, 0) is 15.7 Å². The largest absolute Gasteiger partial charge is 0.457 e. The van der Waals surface area contributed by atoms with Gasteiger partial charge in [-0.2, -0.15) is 13.2 Å². The van der Waals surface area contributed by atoms with Crippen molar-refractivity contribution in [1.82, 2.24) is 0 Å². The van der Waals surface area contributed by atoms with Gasteiger partial charge < -0.3 is 4.74 Å². The van der Waals surface area contributed by atoms with E-state index < -0.39 is 17.7 Å². The summed E-state index contributed by atoms with van der Waals surface area (Å²) in [6, 6.07) is 10.4. The highest BCUT2D eigenvalue weighted by Gasteiger charge is 2.32. The number of carbonyl (C=O) groups is 1. The molecule has 0 aliphatic carbocycles. The molecule has 0 aromatic heterocycles. The molecule has 0 radical (unpaired) electrons. The maximum Gasteiger partial charge on any atom is 0.416 e. The molecular formula is C19H15F3O2S. The molecule has 2 aromatic carbocycles. The second kappa shape index (κ2) is 6.59. The van der Waals surface area contributed by atoms with Gasteiger partial charge >= 0.3 is 12.1 Å². The zero-order valence-corrected chi connectivity index (χ0v) is 14.4. The van der Waals surface area contributed by atoms with Crippen LogP contribution in [0.2, 0.25) is 0 Å². The van der Waals surface area contributed by atoms with E-state index in [1.807, 2.05) is 31.4 Å². The molecule has 0 saturated heterocycles. The van der Waals surface area contributed by atoms with Crippen LogP contribution in [0.25, 0.3) is 11.1 Å². The third-order valence-electron chi connectivity index (χ3n) is 4.10. The highest BCUT2D eigenvalue weighted by molar-refractivity contribution is 7.98. The standard InChI is InChI=1S/C19H15F3O2S/c1-11-9-13(5-8-16(11)25-2)15-10-24-18(23)17(15)12-3-6-14(7-4-12)19(20,21)22/h3-9H,10H2,1-2H3. The Morgan fingerprint density at radius 2 is 1.68 bits per heavy atom. The number of hydrogen-bond acceptors (Lipinski definition) is 3. The molecular weight excluding hydrogens is 349 g/mol. The number of cyclic esters (lactones) is 1. The molecule has 0 amide bonds. The minimum atomic E-state index is -4.41. The van der Waals surface area contributed by atoms with Crippen molar-refractivity contribution in [2.75, 3.05) is 12.9 Å². The molecule has 130 valence electrons. The predicted molar refractivity (Wildman–Crippen MR) is 92.2 cm³/mol. The molecule has 1 aliphatic rings. The average molecular weight is 364 g/mol. The lowest BCUT2D eigenvalue weighted by Gasteiger charge is -2.10. The van der Waals surface area contributed by atoms with E-state index in [1.54, 1.807) is 11.8 Å². The molecule has 3 rings (SSSR count). The molecule has 1 heterocycles. The van der Waals surface area contributed by atoms with Crippen molar-refractivity contribution in [1.29, 1.82) is 0 Å². The summed E-state index contributed by atoms with van der Waals surface area (Å²) in [5, 5.41) is 0. The number of benzene rings is 2. The van der Waals surface area contributed by atoms with Crippen LogP contribution < -0.4 is 0 Å². The van der Waals surface area contributed by atoms with Crippen molar-refractivity contribution in [2.24, 2.45) is 0 Å². The number of esters is 1. The number of ether oxygens (including phenoxy) is 1. The highest BCUT2D eigenvalue weighted by atomic mass is 32.2. The highest BCUT2D eigenvalue weighted by Crippen LogP contribution is 2.36. The first-order valence-electron chi connectivity index (χ1n) is 7.54. The second-order valence-corrected chi connectivity index (χ2v) is 6.54. The quantitative estimate of drug-likeness (QED) is 0.553. The van der Waals surface area contributed by atoms with Gasteiger partial charge in [-0.1, -0.05) is 24.3 Å². The van der Waals surface area contributed by atoms with E-state index in [2.05, 4.69) is 0 Å². The Bertz CT molecular complexity index is 852. The van der Waals surface area contributed by atoms with Crippen LogP contribution in [0.3, 0.4) is 0 Å². The Balaban J connectivity index is 2.06. The molecule has 0 atom stereocenters. The van der Waals surface area contributed by atoms with Crippen molar-refractivity contribution in [2.45, 2.75) is 18.0 Å². The summed E-state index contributed by atoms with van der Waals surface area (Å²) in [6.07, 6.45) is -2.42. The summed E-state index contributed by atoms with van der Waals surface area (Å²) in [7, 11) is 0. The summed E-state index contributed by atoms with van der Waals surface area (Å²) < 4.78 is 43.3. The van der Waals surface area contributed by atoms with Crippen LogP contribution in [0.1, 0.15) is 22.3 Å². The zero-order valence-electron chi connectivity index (χ0n) is 13.6. The van der Waals surface area contributed by atoms with Crippen LogP contribution in [-0.4, -0.2) is 18.8 Å². The van der Waals surface area contributed by atoms with Gasteiger partial charge in [-0.3, -0.25) is 0 Å². The molecule has 0 saturated carbocycles. The first-order valence-corrected chi connectivity index (χ1v) is 8.76. The maximum atomic E-state index is 12.7. The van der Waals surface area contributed by atoms with Gasteiger partial charge in [0.15, 0.2) is 0 Å². The topological polar surface area (TPSA) is 26.3 Å². The van der Waals surface area contributed by atoms with Gasteiger partial charge in [0.1, 0.15) is 6.61 Å². The Kier molecular flexibility index (Phi) is 4.64. The van der Waals surface area contributed by atoms with Crippen LogP contribution >= 0.6 is 11.8 Å². The molecule has 6 heteroatoms. The van der Waals surface area contributed by atoms with E-state index in [1.165, 1.54) is 12.1 Å². The van der Waals surface area contributed by atoms with Crippen molar-refractivity contribution in [3.05, 3.63) is 64.7 Å². The van der Waals surface area contributed by atoms with Crippen LogP contribution in [0.5, 0.6) is 0 Å². The van der Waals surface area contributed by atoms with E-state index in [0.29, 0.717) is 16.7 Å². The maximum absolute atomic E-state index is 12.7. The van der Waals surface area contributed by atoms with Crippen molar-refractivity contribution < 1.29 is 22.7 Å². The second-order valence-electron chi connectivity index (χ2n) is 5.69. The fourth-order valence-corrected chi connectivity index (χ4v) is 3.40. The number of hydrogen-bond donors (Lipinski definition) is 0. The zero-order chi connectivity index (χ0) is 18.2. The Labute approximate surface area is 147 Å². The normalized spacial score (nSPS) is 14.8. The molecule has 0 N–H and O–H groups in total. The van der Waals surface area contributed by atoms with E-state index in [-0.39, 0.29) is 6.61 Å². The third kappa shape index (κ3) is 3.44. The van der Waals surface area contributed by atoms with Crippen LogP contribution in [0.15, 0.2) is 47.4 Å². The fraction of sp³-hybridized carbons (Fsp3) is 0.211. The molecule has 2 aromatic rings. The first kappa shape index (κ1) is 17.6. The van der Waals surface area contributed by atoms with E-state index in [4.69, 9.17) is 4.74 Å². The Morgan fingerprint density at radius 3 is 2.24 bits per heavy atom. The summed E-state index contributed by atoms with van der Waals surface area (Å²) in [5.74, 6) is -0.513.